The lowest BCUT2D eigenvalue weighted by Gasteiger charge is -2.27. The van der Waals surface area contributed by atoms with Gasteiger partial charge in [-0.2, -0.15) is 4.98 Å². The normalized spacial score (nSPS) is 15.6. The van der Waals surface area contributed by atoms with Crippen LogP contribution in [-0.2, 0) is 21.3 Å². The molecule has 14 heteroatoms. The first kappa shape index (κ1) is 35.9. The van der Waals surface area contributed by atoms with Crippen LogP contribution in [0.1, 0.15) is 72.0 Å². The molecule has 2 atom stereocenters. The van der Waals surface area contributed by atoms with Gasteiger partial charge < -0.3 is 24.3 Å². The highest BCUT2D eigenvalue weighted by atomic mass is 32.2. The number of carboxylic acids is 1. The zero-order chi connectivity index (χ0) is 36.1. The molecule has 1 aliphatic heterocycles. The number of sulfonamides is 1. The summed E-state index contributed by atoms with van der Waals surface area (Å²) in [6.45, 7) is 10.1. The first-order chi connectivity index (χ1) is 24.4. The van der Waals surface area contributed by atoms with Crippen molar-refractivity contribution in [1.82, 2.24) is 25.3 Å². The minimum Gasteiger partial charge on any atom is -0.478 e. The summed E-state index contributed by atoms with van der Waals surface area (Å²) in [5.74, 6) is 0.105. The Morgan fingerprint density at radius 3 is 2.57 bits per heavy atom. The summed E-state index contributed by atoms with van der Waals surface area (Å²) < 4.78 is 47.2. The number of carboxylic acid groups (broad SMARTS) is 1. The van der Waals surface area contributed by atoms with Crippen LogP contribution in [0.25, 0.3) is 22.5 Å². The molecule has 5 aromatic rings. The van der Waals surface area contributed by atoms with E-state index < -0.39 is 16.0 Å². The van der Waals surface area contributed by atoms with E-state index in [0.717, 1.165) is 60.1 Å². The molecule has 268 valence electrons. The smallest absolute Gasteiger partial charge is 0.335 e. The predicted octanol–water partition coefficient (Wildman–Crippen LogP) is 6.27. The van der Waals surface area contributed by atoms with E-state index in [2.05, 4.69) is 38.8 Å². The van der Waals surface area contributed by atoms with E-state index in [1.807, 2.05) is 38.1 Å². The molecule has 0 bridgehead atoms. The van der Waals surface area contributed by atoms with Gasteiger partial charge in [-0.3, -0.25) is 0 Å². The number of hydrogen-bond acceptors (Lipinski definition) is 11. The fraction of sp³-hybridized carbons (Fsp3) is 0.378. The summed E-state index contributed by atoms with van der Waals surface area (Å²) in [6.07, 6.45) is 4.50. The summed E-state index contributed by atoms with van der Waals surface area (Å²) in [4.78, 5) is 29.5. The molecule has 1 fully saturated rings. The van der Waals surface area contributed by atoms with Crippen molar-refractivity contribution in [2.24, 2.45) is 5.92 Å². The van der Waals surface area contributed by atoms with Crippen molar-refractivity contribution in [3.05, 3.63) is 88.9 Å². The van der Waals surface area contributed by atoms with Crippen molar-refractivity contribution in [2.45, 2.75) is 70.4 Å². The second-order valence-electron chi connectivity index (χ2n) is 13.2. The zero-order valence-electron chi connectivity index (χ0n) is 29.0. The van der Waals surface area contributed by atoms with Gasteiger partial charge in [0.15, 0.2) is 0 Å². The fourth-order valence-electron chi connectivity index (χ4n) is 6.16. The Hall–Kier alpha value is -4.92. The number of anilines is 1. The van der Waals surface area contributed by atoms with Crippen molar-refractivity contribution in [3.8, 4) is 17.1 Å². The van der Waals surface area contributed by atoms with Gasteiger partial charge in [-0.1, -0.05) is 38.1 Å². The number of furan rings is 1. The van der Waals surface area contributed by atoms with Crippen LogP contribution in [0, 0.1) is 19.8 Å². The third-order valence-corrected chi connectivity index (χ3v) is 10.1. The average molecular weight is 715 g/mol. The van der Waals surface area contributed by atoms with Gasteiger partial charge in [0.2, 0.25) is 17.5 Å². The quantitative estimate of drug-likeness (QED) is 0.118. The second kappa shape index (κ2) is 15.5. The molecule has 1 unspecified atom stereocenters. The van der Waals surface area contributed by atoms with E-state index in [0.29, 0.717) is 36.0 Å². The zero-order valence-corrected chi connectivity index (χ0v) is 29.9. The third-order valence-electron chi connectivity index (χ3n) is 8.81. The van der Waals surface area contributed by atoms with Crippen LogP contribution in [0.3, 0.4) is 0 Å². The maximum absolute atomic E-state index is 13.4. The summed E-state index contributed by atoms with van der Waals surface area (Å²) in [5, 5.41) is 13.0. The first-order valence-corrected chi connectivity index (χ1v) is 18.4. The lowest BCUT2D eigenvalue weighted by Crippen LogP contribution is -2.38. The standard InChI is InChI=1S/C37H42N6O7S/c1-22(2)32-16-31-35(50-32)39-19-28(40-31)18-38-27(14-25-10-7-13-48-20-25)21-49-33-17-30(34-23(3)8-5-9-24(34)4)41-37(42-33)43-51(46,47)29-12-6-11-26(15-29)36(44)45/h5-6,8-9,11-12,15-17,19,22,25,27,38H,7,10,13-14,18,20-21H2,1-4H3,(H,44,45)(H,41,42,43)/t25?,27-/m1/s1. The Balaban J connectivity index is 1.27. The Bertz CT molecular complexity index is 2110. The minimum atomic E-state index is -4.25. The van der Waals surface area contributed by atoms with Gasteiger partial charge in [0, 0.05) is 49.4 Å². The molecule has 3 aromatic heterocycles. The molecule has 2 aromatic carbocycles. The van der Waals surface area contributed by atoms with E-state index >= 15 is 0 Å². The number of nitrogens with one attached hydrogen (secondary N) is 2. The van der Waals surface area contributed by atoms with Crippen LogP contribution < -0.4 is 14.8 Å². The first-order valence-electron chi connectivity index (χ1n) is 17.0. The number of fused-ring (bicyclic) bond motifs is 1. The highest BCUT2D eigenvalue weighted by Crippen LogP contribution is 2.30. The highest BCUT2D eigenvalue weighted by Gasteiger charge is 2.23. The number of ether oxygens (including phenoxy) is 2. The molecule has 0 saturated carbocycles. The number of rotatable bonds is 14. The van der Waals surface area contributed by atoms with E-state index in [9.17, 15) is 18.3 Å². The molecule has 13 nitrogen and oxygen atoms in total. The van der Waals surface area contributed by atoms with Crippen molar-refractivity contribution < 1.29 is 32.2 Å². The summed E-state index contributed by atoms with van der Waals surface area (Å²) in [6, 6.07) is 14.4. The number of aryl methyl sites for hydroxylation is 2. The van der Waals surface area contributed by atoms with E-state index in [1.165, 1.54) is 18.2 Å². The highest BCUT2D eigenvalue weighted by molar-refractivity contribution is 7.92. The molecule has 51 heavy (non-hydrogen) atoms. The summed E-state index contributed by atoms with van der Waals surface area (Å²) in [7, 11) is -4.25. The summed E-state index contributed by atoms with van der Waals surface area (Å²) in [5.41, 5.74) is 4.98. The maximum Gasteiger partial charge on any atom is 0.335 e. The van der Waals surface area contributed by atoms with Gasteiger partial charge in [-0.05, 0) is 68.4 Å². The van der Waals surface area contributed by atoms with Gasteiger partial charge in [0.05, 0.1) is 28.0 Å². The lowest BCUT2D eigenvalue weighted by molar-refractivity contribution is 0.0446. The fourth-order valence-corrected chi connectivity index (χ4v) is 7.15. The van der Waals surface area contributed by atoms with Crippen LogP contribution in [0.2, 0.25) is 0 Å². The van der Waals surface area contributed by atoms with Crippen molar-refractivity contribution in [3.63, 3.8) is 0 Å². The number of hydrogen-bond donors (Lipinski definition) is 3. The largest absolute Gasteiger partial charge is 0.478 e. The number of aromatic nitrogens is 4. The Morgan fingerprint density at radius 1 is 1.06 bits per heavy atom. The molecule has 0 spiro atoms. The number of aromatic carboxylic acids is 1. The molecule has 0 radical (unpaired) electrons. The van der Waals surface area contributed by atoms with Crippen LogP contribution in [0.5, 0.6) is 5.88 Å². The predicted molar refractivity (Wildman–Crippen MR) is 191 cm³/mol. The van der Waals surface area contributed by atoms with Crippen molar-refractivity contribution >= 4 is 33.2 Å². The SMILES string of the molecule is Cc1cccc(C)c1-c1cc(OC[C@@H](CC2CCCOC2)NCc2cnc3oc(C(C)C)cc3n2)nc(NS(=O)(=O)c2cccc(C(=O)O)c2)n1. The second-order valence-corrected chi connectivity index (χ2v) is 14.9. The van der Waals surface area contributed by atoms with Crippen molar-refractivity contribution in [1.29, 1.82) is 0 Å². The van der Waals surface area contributed by atoms with Crippen LogP contribution in [-0.4, -0.2) is 65.3 Å². The Kier molecular flexibility index (Phi) is 10.9. The van der Waals surface area contributed by atoms with Gasteiger partial charge in [-0.25, -0.2) is 32.9 Å². The minimum absolute atomic E-state index is 0.137. The Morgan fingerprint density at radius 2 is 1.84 bits per heavy atom. The van der Waals surface area contributed by atoms with Gasteiger partial charge in [0.1, 0.15) is 17.9 Å². The van der Waals surface area contributed by atoms with E-state index in [4.69, 9.17) is 18.9 Å². The molecule has 1 saturated heterocycles. The van der Waals surface area contributed by atoms with Crippen LogP contribution >= 0.6 is 0 Å². The third kappa shape index (κ3) is 8.88. The molecule has 0 amide bonds. The van der Waals surface area contributed by atoms with Crippen LogP contribution in [0.4, 0.5) is 5.95 Å². The topological polar surface area (TPSA) is 179 Å². The van der Waals surface area contributed by atoms with Crippen molar-refractivity contribution in [2.75, 3.05) is 24.5 Å². The Labute approximate surface area is 296 Å². The number of benzene rings is 2. The molecule has 3 N–H and O–H groups in total. The molecule has 0 aliphatic carbocycles. The molecule has 6 rings (SSSR count). The lowest BCUT2D eigenvalue weighted by atomic mass is 9.94. The van der Waals surface area contributed by atoms with Gasteiger partial charge >= 0.3 is 5.97 Å². The van der Waals surface area contributed by atoms with E-state index in [-0.39, 0.29) is 40.9 Å². The number of carbonyl (C=O) groups is 1. The van der Waals surface area contributed by atoms with Gasteiger partial charge in [-0.15, -0.1) is 0 Å². The molecular formula is C37H42N6O7S. The monoisotopic (exact) mass is 714 g/mol. The van der Waals surface area contributed by atoms with Crippen LogP contribution in [0.15, 0.2) is 70.1 Å². The average Bonchev–Trinajstić information content (AvgIpc) is 3.54. The maximum atomic E-state index is 13.4. The molecular weight excluding hydrogens is 673 g/mol. The molecule has 4 heterocycles. The molecule has 1 aliphatic rings. The number of nitrogens with zero attached hydrogens (tertiary/aromatic N) is 4. The van der Waals surface area contributed by atoms with Gasteiger partial charge in [0.25, 0.3) is 10.0 Å². The summed E-state index contributed by atoms with van der Waals surface area (Å²) >= 11 is 0. The van der Waals surface area contributed by atoms with E-state index in [1.54, 1.807) is 12.3 Å².